The third kappa shape index (κ3) is 2.56. The first-order valence-corrected chi connectivity index (χ1v) is 7.76. The number of H-pyrrole nitrogens is 1. The van der Waals surface area contributed by atoms with Gasteiger partial charge >= 0.3 is 5.97 Å². The molecule has 9 heteroatoms. The van der Waals surface area contributed by atoms with E-state index in [9.17, 15) is 13.2 Å². The molecule has 0 spiro atoms. The summed E-state index contributed by atoms with van der Waals surface area (Å²) in [6, 6.07) is -0.128. The van der Waals surface area contributed by atoms with E-state index >= 15 is 0 Å². The van der Waals surface area contributed by atoms with Crippen LogP contribution in [-0.2, 0) is 10.0 Å². The topological polar surface area (TPSA) is 115 Å². The van der Waals surface area contributed by atoms with E-state index in [2.05, 4.69) is 15.5 Å². The van der Waals surface area contributed by atoms with Gasteiger partial charge in [0.2, 0.25) is 10.0 Å². The number of aromatic carboxylic acids is 1. The number of aryl methyl sites for hydroxylation is 1. The summed E-state index contributed by atoms with van der Waals surface area (Å²) < 4.78 is 26.5. The number of sulfonamides is 1. The number of rotatable bonds is 4. The fourth-order valence-corrected chi connectivity index (χ4v) is 4.09. The minimum atomic E-state index is -3.87. The number of aromatic nitrogens is 2. The molecule has 2 rings (SSSR count). The van der Waals surface area contributed by atoms with E-state index in [-0.39, 0.29) is 16.6 Å². The number of carboxylic acids is 1. The fraction of sp³-hybridized carbons (Fsp3) is 0.636. The molecule has 1 fully saturated rings. The molecule has 20 heavy (non-hydrogen) atoms. The van der Waals surface area contributed by atoms with E-state index in [0.717, 1.165) is 13.1 Å². The van der Waals surface area contributed by atoms with E-state index in [1.807, 2.05) is 0 Å². The normalized spacial score (nSPS) is 17.6. The predicted octanol–water partition coefficient (Wildman–Crippen LogP) is -0.211. The maximum absolute atomic E-state index is 12.6. The molecule has 0 saturated carbocycles. The number of aromatic amines is 1. The van der Waals surface area contributed by atoms with Crippen molar-refractivity contribution in [2.24, 2.45) is 0 Å². The molecule has 0 amide bonds. The van der Waals surface area contributed by atoms with Crippen LogP contribution in [0.3, 0.4) is 0 Å². The predicted molar refractivity (Wildman–Crippen MR) is 71.1 cm³/mol. The fourth-order valence-electron chi connectivity index (χ4n) is 2.39. The zero-order valence-electron chi connectivity index (χ0n) is 11.4. The second-order valence-corrected chi connectivity index (χ2v) is 6.77. The number of hydrogen-bond acceptors (Lipinski definition) is 5. The van der Waals surface area contributed by atoms with Gasteiger partial charge in [0.15, 0.2) is 5.69 Å². The van der Waals surface area contributed by atoms with E-state index in [0.29, 0.717) is 12.8 Å². The van der Waals surface area contributed by atoms with Gasteiger partial charge in [-0.2, -0.15) is 9.40 Å². The highest BCUT2D eigenvalue weighted by Gasteiger charge is 2.35. The summed E-state index contributed by atoms with van der Waals surface area (Å²) in [5.41, 5.74) is -0.216. The monoisotopic (exact) mass is 302 g/mol. The summed E-state index contributed by atoms with van der Waals surface area (Å²) in [5, 5.41) is 18.2. The minimum absolute atomic E-state index is 0.128. The lowest BCUT2D eigenvalue weighted by atomic mass is 10.1. The van der Waals surface area contributed by atoms with Crippen molar-refractivity contribution in [3.8, 4) is 0 Å². The molecule has 3 N–H and O–H groups in total. The number of carboxylic acid groups (broad SMARTS) is 1. The Morgan fingerprint density at radius 2 is 2.00 bits per heavy atom. The average molecular weight is 302 g/mol. The quantitative estimate of drug-likeness (QED) is 0.709. The summed E-state index contributed by atoms with van der Waals surface area (Å²) in [6.45, 7) is 3.00. The maximum Gasteiger partial charge on any atom is 0.357 e. The van der Waals surface area contributed by atoms with Crippen molar-refractivity contribution in [3.63, 3.8) is 0 Å². The molecule has 0 atom stereocenters. The number of piperidine rings is 1. The molecular weight excluding hydrogens is 284 g/mol. The van der Waals surface area contributed by atoms with Crippen LogP contribution in [0.5, 0.6) is 0 Å². The lowest BCUT2D eigenvalue weighted by molar-refractivity contribution is 0.0686. The Balaban J connectivity index is 2.39. The van der Waals surface area contributed by atoms with Gasteiger partial charge in [0.25, 0.3) is 0 Å². The second kappa shape index (κ2) is 5.51. The van der Waals surface area contributed by atoms with Gasteiger partial charge < -0.3 is 10.4 Å². The number of nitrogens with one attached hydrogen (secondary N) is 2. The summed E-state index contributed by atoms with van der Waals surface area (Å²) in [4.78, 5) is 10.9. The summed E-state index contributed by atoms with van der Waals surface area (Å²) in [7, 11) is -2.38. The molecule has 1 aromatic rings. The molecule has 1 aromatic heterocycles. The van der Waals surface area contributed by atoms with Crippen LogP contribution >= 0.6 is 0 Å². The highest BCUT2D eigenvalue weighted by Crippen LogP contribution is 2.25. The lowest BCUT2D eigenvalue weighted by Gasteiger charge is -2.30. The standard InChI is InChI=1S/C11H18N4O4S/c1-7-10(9(11(16)17)14-13-7)20(18,19)15(2)8-3-5-12-6-4-8/h8,12H,3-6H2,1-2H3,(H,13,14)(H,16,17). The summed E-state index contributed by atoms with van der Waals surface area (Å²) in [6.07, 6.45) is 1.41. The lowest BCUT2D eigenvalue weighted by Crippen LogP contribution is -2.44. The molecule has 1 saturated heterocycles. The largest absolute Gasteiger partial charge is 0.476 e. The van der Waals surface area contributed by atoms with Crippen LogP contribution in [0.4, 0.5) is 0 Å². The molecule has 0 aliphatic carbocycles. The smallest absolute Gasteiger partial charge is 0.357 e. The molecular formula is C11H18N4O4S. The highest BCUT2D eigenvalue weighted by atomic mass is 32.2. The first-order valence-electron chi connectivity index (χ1n) is 6.32. The third-order valence-electron chi connectivity index (χ3n) is 3.55. The summed E-state index contributed by atoms with van der Waals surface area (Å²) in [5.74, 6) is -1.35. The van der Waals surface area contributed by atoms with Crippen LogP contribution < -0.4 is 5.32 Å². The van der Waals surface area contributed by atoms with Crippen molar-refractivity contribution in [2.75, 3.05) is 20.1 Å². The van der Waals surface area contributed by atoms with Gasteiger partial charge in [-0.3, -0.25) is 5.10 Å². The molecule has 0 radical (unpaired) electrons. The number of hydrogen-bond donors (Lipinski definition) is 3. The van der Waals surface area contributed by atoms with Crippen molar-refractivity contribution >= 4 is 16.0 Å². The van der Waals surface area contributed by atoms with Gasteiger partial charge in [0.05, 0.1) is 5.69 Å². The Kier molecular flexibility index (Phi) is 4.11. The Morgan fingerprint density at radius 1 is 1.40 bits per heavy atom. The van der Waals surface area contributed by atoms with Crippen molar-refractivity contribution in [1.82, 2.24) is 19.8 Å². The first-order chi connectivity index (χ1) is 9.35. The Labute approximate surface area is 117 Å². The Morgan fingerprint density at radius 3 is 2.55 bits per heavy atom. The minimum Gasteiger partial charge on any atom is -0.476 e. The number of carbonyl (C=O) groups is 1. The SMILES string of the molecule is Cc1[nH]nc(C(=O)O)c1S(=O)(=O)N(C)C1CCNCC1. The van der Waals surface area contributed by atoms with Gasteiger partial charge in [0, 0.05) is 13.1 Å². The van der Waals surface area contributed by atoms with Crippen LogP contribution in [0, 0.1) is 6.92 Å². The molecule has 0 bridgehead atoms. The Hall–Kier alpha value is -1.45. The van der Waals surface area contributed by atoms with E-state index < -0.39 is 21.7 Å². The van der Waals surface area contributed by atoms with Gasteiger partial charge in [-0.1, -0.05) is 0 Å². The van der Waals surface area contributed by atoms with Gasteiger partial charge in [0.1, 0.15) is 4.90 Å². The first kappa shape index (κ1) is 14.9. The molecule has 2 heterocycles. The Bertz CT molecular complexity index is 604. The maximum atomic E-state index is 12.6. The third-order valence-corrected chi connectivity index (χ3v) is 5.63. The average Bonchev–Trinajstić information content (AvgIpc) is 2.81. The molecule has 112 valence electrons. The van der Waals surface area contributed by atoms with Crippen LogP contribution in [0.15, 0.2) is 4.90 Å². The van der Waals surface area contributed by atoms with Crippen molar-refractivity contribution in [2.45, 2.75) is 30.7 Å². The van der Waals surface area contributed by atoms with E-state index in [1.165, 1.54) is 18.3 Å². The van der Waals surface area contributed by atoms with Gasteiger partial charge in [-0.25, -0.2) is 13.2 Å². The van der Waals surface area contributed by atoms with Crippen molar-refractivity contribution in [3.05, 3.63) is 11.4 Å². The zero-order valence-corrected chi connectivity index (χ0v) is 12.2. The van der Waals surface area contributed by atoms with Gasteiger partial charge in [-0.05, 0) is 32.9 Å². The van der Waals surface area contributed by atoms with Gasteiger partial charge in [-0.15, -0.1) is 0 Å². The molecule has 0 aromatic carbocycles. The molecule has 1 aliphatic rings. The van der Waals surface area contributed by atoms with Crippen molar-refractivity contribution < 1.29 is 18.3 Å². The molecule has 1 aliphatic heterocycles. The van der Waals surface area contributed by atoms with Crippen LogP contribution in [0.25, 0.3) is 0 Å². The summed E-state index contributed by atoms with van der Waals surface area (Å²) >= 11 is 0. The van der Waals surface area contributed by atoms with E-state index in [4.69, 9.17) is 5.11 Å². The van der Waals surface area contributed by atoms with Crippen LogP contribution in [-0.4, -0.2) is 60.2 Å². The highest BCUT2D eigenvalue weighted by molar-refractivity contribution is 7.89. The van der Waals surface area contributed by atoms with Crippen LogP contribution in [0.2, 0.25) is 0 Å². The van der Waals surface area contributed by atoms with Crippen LogP contribution in [0.1, 0.15) is 29.0 Å². The van der Waals surface area contributed by atoms with E-state index in [1.54, 1.807) is 0 Å². The molecule has 0 unspecified atom stereocenters. The molecule has 8 nitrogen and oxygen atoms in total. The number of nitrogens with zero attached hydrogens (tertiary/aromatic N) is 2. The van der Waals surface area contributed by atoms with Crippen molar-refractivity contribution in [1.29, 1.82) is 0 Å². The zero-order chi connectivity index (χ0) is 14.9. The second-order valence-electron chi connectivity index (χ2n) is 4.83.